The van der Waals surface area contributed by atoms with Crippen molar-refractivity contribution in [1.29, 1.82) is 0 Å². The van der Waals surface area contributed by atoms with Crippen LogP contribution in [-0.4, -0.2) is 32.2 Å². The van der Waals surface area contributed by atoms with Gasteiger partial charge in [0.15, 0.2) is 5.78 Å². The molecule has 0 unspecified atom stereocenters. The minimum Gasteiger partial charge on any atom is -0.361 e. The van der Waals surface area contributed by atoms with Crippen LogP contribution in [0.25, 0.3) is 0 Å². The summed E-state index contributed by atoms with van der Waals surface area (Å²) in [5, 5.41) is 0. The van der Waals surface area contributed by atoms with E-state index < -0.39 is 0 Å². The van der Waals surface area contributed by atoms with Crippen LogP contribution < -0.4 is 0 Å². The zero-order chi connectivity index (χ0) is 9.23. The van der Waals surface area contributed by atoms with E-state index in [-0.39, 0.29) is 32.2 Å². The van der Waals surface area contributed by atoms with Crippen LogP contribution in [0.1, 0.15) is 0 Å². The maximum absolute atomic E-state index is 10.8. The van der Waals surface area contributed by atoms with E-state index in [9.17, 15) is 4.79 Å². The number of ketones is 1. The number of hydrogen-bond acceptors (Lipinski definition) is 3. The van der Waals surface area contributed by atoms with Crippen LogP contribution in [0.15, 0.2) is 0 Å². The van der Waals surface area contributed by atoms with Gasteiger partial charge in [0.1, 0.15) is 26.4 Å². The molecule has 0 rings (SSSR count). The maximum Gasteiger partial charge on any atom is 0.184 e. The highest BCUT2D eigenvalue weighted by atomic mass is 16.5. The second-order valence-electron chi connectivity index (χ2n) is 1.93. The smallest absolute Gasteiger partial charge is 0.184 e. The minimum absolute atomic E-state index is 0.0191. The maximum atomic E-state index is 10.8. The van der Waals surface area contributed by atoms with Crippen LogP contribution in [0.5, 0.6) is 0 Å². The average molecular weight is 166 g/mol. The molecule has 0 radical (unpaired) electrons. The minimum atomic E-state index is -0.166. The lowest BCUT2D eigenvalue weighted by molar-refractivity contribution is -0.127. The fourth-order valence-electron chi connectivity index (χ4n) is 0.489. The molecule has 0 aromatic carbocycles. The number of carbonyl (C=O) groups is 1. The van der Waals surface area contributed by atoms with Crippen LogP contribution in [0.2, 0.25) is 0 Å². The van der Waals surface area contributed by atoms with Gasteiger partial charge < -0.3 is 9.47 Å². The van der Waals surface area contributed by atoms with Crippen LogP contribution in [0.4, 0.5) is 0 Å². The van der Waals surface area contributed by atoms with Crippen LogP contribution in [-0.2, 0) is 14.3 Å². The summed E-state index contributed by atoms with van der Waals surface area (Å²) >= 11 is 0. The van der Waals surface area contributed by atoms with Gasteiger partial charge in [-0.05, 0) is 0 Å². The molecule has 0 N–H and O–H groups in total. The summed E-state index contributed by atoms with van der Waals surface area (Å²) < 4.78 is 9.52. The molecule has 0 saturated heterocycles. The molecule has 0 aromatic heterocycles. The van der Waals surface area contributed by atoms with Crippen LogP contribution >= 0.6 is 0 Å². The van der Waals surface area contributed by atoms with Gasteiger partial charge in [-0.15, -0.1) is 12.8 Å². The fourth-order valence-corrected chi connectivity index (χ4v) is 0.489. The molecule has 0 atom stereocenters. The summed E-state index contributed by atoms with van der Waals surface area (Å²) in [6.07, 6.45) is 9.78. The third-order valence-electron chi connectivity index (χ3n) is 0.897. The lowest BCUT2D eigenvalue weighted by Crippen LogP contribution is -2.15. The van der Waals surface area contributed by atoms with Gasteiger partial charge in [-0.2, -0.15) is 0 Å². The topological polar surface area (TPSA) is 35.5 Å². The molecule has 3 nitrogen and oxygen atoms in total. The monoisotopic (exact) mass is 166 g/mol. The molecule has 12 heavy (non-hydrogen) atoms. The zero-order valence-corrected chi connectivity index (χ0v) is 6.71. The number of hydrogen-bond donors (Lipinski definition) is 0. The molecular formula is C9H10O3. The van der Waals surface area contributed by atoms with Gasteiger partial charge in [-0.1, -0.05) is 11.8 Å². The summed E-state index contributed by atoms with van der Waals surface area (Å²) in [6, 6.07) is 0. The predicted octanol–water partition coefficient (Wildman–Crippen LogP) is -0.145. The first-order chi connectivity index (χ1) is 5.81. The van der Waals surface area contributed by atoms with E-state index in [1.54, 1.807) is 0 Å². The lowest BCUT2D eigenvalue weighted by Gasteiger charge is -1.99. The Labute approximate surface area is 72.0 Å². The molecule has 0 aliphatic rings. The van der Waals surface area contributed by atoms with Crippen molar-refractivity contribution in [3.8, 4) is 24.7 Å². The van der Waals surface area contributed by atoms with Gasteiger partial charge >= 0.3 is 0 Å². The van der Waals surface area contributed by atoms with E-state index in [4.69, 9.17) is 22.3 Å². The Morgan fingerprint density at radius 3 is 1.83 bits per heavy atom. The highest BCUT2D eigenvalue weighted by Crippen LogP contribution is 1.80. The van der Waals surface area contributed by atoms with E-state index in [2.05, 4.69) is 11.8 Å². The van der Waals surface area contributed by atoms with Crippen LogP contribution in [0.3, 0.4) is 0 Å². The van der Waals surface area contributed by atoms with E-state index in [1.165, 1.54) is 0 Å². The first-order valence-electron chi connectivity index (χ1n) is 3.35. The number of rotatable bonds is 6. The molecule has 0 saturated carbocycles. The molecule has 64 valence electrons. The van der Waals surface area contributed by atoms with Crippen molar-refractivity contribution in [3.05, 3.63) is 0 Å². The molecule has 0 aliphatic heterocycles. The van der Waals surface area contributed by atoms with E-state index in [0.717, 1.165) is 0 Å². The van der Waals surface area contributed by atoms with E-state index in [1.807, 2.05) is 0 Å². The van der Waals surface area contributed by atoms with E-state index in [0.29, 0.717) is 0 Å². The highest BCUT2D eigenvalue weighted by Gasteiger charge is 1.99. The number of Topliss-reactive ketones (excluding diaryl/α,β-unsaturated/α-hetero) is 1. The predicted molar refractivity (Wildman–Crippen MR) is 44.3 cm³/mol. The Bertz CT molecular complexity index is 185. The first kappa shape index (κ1) is 10.7. The normalized spacial score (nSPS) is 8.50. The molecule has 0 heterocycles. The first-order valence-corrected chi connectivity index (χ1v) is 3.35. The summed E-state index contributed by atoms with van der Waals surface area (Å²) in [5.41, 5.74) is 0. The Morgan fingerprint density at radius 1 is 1.08 bits per heavy atom. The van der Waals surface area contributed by atoms with Gasteiger partial charge in [0.2, 0.25) is 0 Å². The largest absolute Gasteiger partial charge is 0.361 e. The lowest BCUT2D eigenvalue weighted by atomic mass is 10.4. The SMILES string of the molecule is C#CCOCC(=O)COCC#C. The Kier molecular flexibility index (Phi) is 6.97. The number of terminal acetylenes is 2. The average Bonchev–Trinajstić information content (AvgIpc) is 2.06. The van der Waals surface area contributed by atoms with Gasteiger partial charge in [-0.3, -0.25) is 4.79 Å². The Balaban J connectivity index is 3.24. The summed E-state index contributed by atoms with van der Waals surface area (Å²) in [4.78, 5) is 10.8. The van der Waals surface area contributed by atoms with Gasteiger partial charge in [0.05, 0.1) is 0 Å². The van der Waals surface area contributed by atoms with Crippen molar-refractivity contribution in [2.45, 2.75) is 0 Å². The standard InChI is InChI=1S/C9H10O3/c1-3-5-11-7-9(10)8-12-6-4-2/h1-2H,5-8H2. The molecule has 0 spiro atoms. The van der Waals surface area contributed by atoms with Crippen LogP contribution in [0, 0.1) is 24.7 Å². The number of ether oxygens (including phenoxy) is 2. The molecule has 0 aliphatic carbocycles. The van der Waals surface area contributed by atoms with Crippen molar-refractivity contribution >= 4 is 5.78 Å². The zero-order valence-electron chi connectivity index (χ0n) is 6.71. The van der Waals surface area contributed by atoms with Crippen molar-refractivity contribution in [2.24, 2.45) is 0 Å². The second-order valence-corrected chi connectivity index (χ2v) is 1.93. The van der Waals surface area contributed by atoms with Crippen molar-refractivity contribution < 1.29 is 14.3 Å². The molecule has 0 bridgehead atoms. The highest BCUT2D eigenvalue weighted by molar-refractivity contribution is 5.80. The molecule has 3 heteroatoms. The van der Waals surface area contributed by atoms with Crippen molar-refractivity contribution in [3.63, 3.8) is 0 Å². The third-order valence-corrected chi connectivity index (χ3v) is 0.897. The molecule has 0 aromatic rings. The molecular weight excluding hydrogens is 156 g/mol. The Morgan fingerprint density at radius 2 is 1.50 bits per heavy atom. The fraction of sp³-hybridized carbons (Fsp3) is 0.444. The summed E-state index contributed by atoms with van der Waals surface area (Å²) in [7, 11) is 0. The summed E-state index contributed by atoms with van der Waals surface area (Å²) in [5.74, 6) is 4.32. The molecule has 0 amide bonds. The summed E-state index contributed by atoms with van der Waals surface area (Å²) in [6.45, 7) is 0.241. The van der Waals surface area contributed by atoms with Gasteiger partial charge in [-0.25, -0.2) is 0 Å². The Hall–Kier alpha value is -1.29. The number of carbonyl (C=O) groups excluding carboxylic acids is 1. The van der Waals surface area contributed by atoms with Crippen molar-refractivity contribution in [2.75, 3.05) is 26.4 Å². The van der Waals surface area contributed by atoms with E-state index >= 15 is 0 Å². The quantitative estimate of drug-likeness (QED) is 0.407. The van der Waals surface area contributed by atoms with Gasteiger partial charge in [0, 0.05) is 0 Å². The van der Waals surface area contributed by atoms with Crippen molar-refractivity contribution in [1.82, 2.24) is 0 Å². The third kappa shape index (κ3) is 6.82. The second kappa shape index (κ2) is 7.81. The van der Waals surface area contributed by atoms with Gasteiger partial charge in [0.25, 0.3) is 0 Å². The molecule has 0 fully saturated rings.